The van der Waals surface area contributed by atoms with Crippen molar-refractivity contribution in [3.8, 4) is 0 Å². The highest BCUT2D eigenvalue weighted by Crippen LogP contribution is 2.23. The molecule has 0 fully saturated rings. The zero-order chi connectivity index (χ0) is 28.1. The van der Waals surface area contributed by atoms with Gasteiger partial charge >= 0.3 is 0 Å². The van der Waals surface area contributed by atoms with E-state index in [-0.39, 0.29) is 0 Å². The minimum absolute atomic E-state index is 0.634. The molecule has 1 aliphatic rings. The molecule has 39 heavy (non-hydrogen) atoms. The highest BCUT2D eigenvalue weighted by atomic mass is 15.4. The van der Waals surface area contributed by atoms with Crippen LogP contribution in [0.25, 0.3) is 0 Å². The van der Waals surface area contributed by atoms with Crippen molar-refractivity contribution >= 4 is 0 Å². The second kappa shape index (κ2) is 28.9. The van der Waals surface area contributed by atoms with Crippen molar-refractivity contribution in [2.24, 2.45) is 0 Å². The first-order valence-electron chi connectivity index (χ1n) is 18.5. The summed E-state index contributed by atoms with van der Waals surface area (Å²) in [6, 6.07) is 0. The van der Waals surface area contributed by atoms with Crippen LogP contribution < -0.4 is 0 Å². The third-order valence-corrected chi connectivity index (χ3v) is 9.17. The van der Waals surface area contributed by atoms with Crippen LogP contribution in [0.5, 0.6) is 0 Å². The Labute approximate surface area is 248 Å². The lowest BCUT2D eigenvalue weighted by Gasteiger charge is -2.32. The maximum absolute atomic E-state index is 2.66. The number of hydrogen-bond acceptors (Lipinski definition) is 2. The van der Waals surface area contributed by atoms with E-state index in [2.05, 4.69) is 43.0 Å². The fourth-order valence-corrected chi connectivity index (χ4v) is 6.44. The van der Waals surface area contributed by atoms with Crippen LogP contribution in [0.3, 0.4) is 0 Å². The molecule has 0 saturated carbocycles. The molecule has 0 aromatic carbocycles. The smallest absolute Gasteiger partial charge is 0.101 e. The quantitative estimate of drug-likeness (QED) is 0.0798. The first kappa shape index (κ1) is 36.4. The van der Waals surface area contributed by atoms with Gasteiger partial charge in [0.1, 0.15) is 6.17 Å². The third-order valence-electron chi connectivity index (χ3n) is 9.17. The molecule has 2 heteroatoms. The number of unbranched alkanes of at least 4 members (excludes halogenated alkanes) is 26. The summed E-state index contributed by atoms with van der Waals surface area (Å²) in [6.45, 7) is 9.34. The summed E-state index contributed by atoms with van der Waals surface area (Å²) in [6.07, 6.45) is 47.3. The molecule has 0 aromatic rings. The minimum Gasteiger partial charge on any atom is -0.356 e. The van der Waals surface area contributed by atoms with Gasteiger partial charge in [-0.25, -0.2) is 0 Å². The zero-order valence-electron chi connectivity index (χ0n) is 27.5. The van der Waals surface area contributed by atoms with Crippen molar-refractivity contribution in [3.05, 3.63) is 12.4 Å². The molecule has 1 heterocycles. The van der Waals surface area contributed by atoms with Gasteiger partial charge in [-0.05, 0) is 26.2 Å². The summed E-state index contributed by atoms with van der Waals surface area (Å²) in [7, 11) is 0. The Morgan fingerprint density at radius 1 is 0.359 bits per heavy atom. The summed E-state index contributed by atoms with van der Waals surface area (Å²) in [5.41, 5.74) is 0. The highest BCUT2D eigenvalue weighted by Gasteiger charge is 2.23. The SMILES string of the molecule is CCCCCCCCCCCCCCCCCCCN1C=CN(CC)C1CCCCCCCCCCCCC. The predicted octanol–water partition coefficient (Wildman–Crippen LogP) is 12.8. The van der Waals surface area contributed by atoms with Crippen molar-refractivity contribution in [3.63, 3.8) is 0 Å². The Morgan fingerprint density at radius 2 is 0.667 bits per heavy atom. The fraction of sp³-hybridized carbons (Fsp3) is 0.946. The lowest BCUT2D eigenvalue weighted by atomic mass is 10.0. The Kier molecular flexibility index (Phi) is 26.9. The van der Waals surface area contributed by atoms with Gasteiger partial charge in [-0.1, -0.05) is 181 Å². The molecule has 232 valence electrons. The predicted molar refractivity (Wildman–Crippen MR) is 177 cm³/mol. The summed E-state index contributed by atoms with van der Waals surface area (Å²) >= 11 is 0. The van der Waals surface area contributed by atoms with Crippen molar-refractivity contribution in [2.45, 2.75) is 213 Å². The van der Waals surface area contributed by atoms with Crippen LogP contribution in [0.4, 0.5) is 0 Å². The standard InChI is InChI=1S/C37H74N2/c1-4-7-9-11-13-15-17-18-19-20-21-22-24-26-28-30-32-34-39-36-35-38(6-3)37(39)33-31-29-27-25-23-16-14-12-10-8-5-2/h35-37H,4-34H2,1-3H3. The number of hydrogen-bond donors (Lipinski definition) is 0. The van der Waals surface area contributed by atoms with Gasteiger partial charge < -0.3 is 9.80 Å². The normalized spacial score (nSPS) is 15.2. The zero-order valence-corrected chi connectivity index (χ0v) is 27.5. The Balaban J connectivity index is 1.92. The lowest BCUT2D eigenvalue weighted by molar-refractivity contribution is 0.142. The molecule has 1 rings (SSSR count). The summed E-state index contributed by atoms with van der Waals surface area (Å²) < 4.78 is 0. The van der Waals surface area contributed by atoms with Crippen LogP contribution in [0.1, 0.15) is 207 Å². The van der Waals surface area contributed by atoms with Gasteiger partial charge in [-0.15, -0.1) is 0 Å². The van der Waals surface area contributed by atoms with E-state index in [1.165, 1.54) is 193 Å². The van der Waals surface area contributed by atoms with E-state index in [4.69, 9.17) is 0 Å². The van der Waals surface area contributed by atoms with Gasteiger partial charge in [0.15, 0.2) is 0 Å². The summed E-state index contributed by atoms with van der Waals surface area (Å²) in [5.74, 6) is 0. The first-order chi connectivity index (χ1) is 19.3. The van der Waals surface area contributed by atoms with Crippen LogP contribution in [0, 0.1) is 0 Å². The molecule has 0 spiro atoms. The van der Waals surface area contributed by atoms with Crippen molar-refractivity contribution in [1.29, 1.82) is 0 Å². The highest BCUT2D eigenvalue weighted by molar-refractivity contribution is 4.96. The topological polar surface area (TPSA) is 6.48 Å². The number of nitrogens with zero attached hydrogens (tertiary/aromatic N) is 2. The molecular formula is C37H74N2. The Hall–Kier alpha value is -0.660. The molecule has 0 aromatic heterocycles. The van der Waals surface area contributed by atoms with Gasteiger partial charge in [0.2, 0.25) is 0 Å². The summed E-state index contributed by atoms with van der Waals surface area (Å²) in [4.78, 5) is 5.23. The molecule has 2 nitrogen and oxygen atoms in total. The second-order valence-electron chi connectivity index (χ2n) is 12.8. The van der Waals surface area contributed by atoms with E-state index < -0.39 is 0 Å². The molecule has 1 atom stereocenters. The molecular weight excluding hydrogens is 472 g/mol. The van der Waals surface area contributed by atoms with Gasteiger partial charge in [-0.2, -0.15) is 0 Å². The van der Waals surface area contributed by atoms with Crippen LogP contribution >= 0.6 is 0 Å². The molecule has 0 saturated heterocycles. The van der Waals surface area contributed by atoms with E-state index in [0.29, 0.717) is 6.17 Å². The van der Waals surface area contributed by atoms with Gasteiger partial charge in [0, 0.05) is 25.5 Å². The summed E-state index contributed by atoms with van der Waals surface area (Å²) in [5, 5.41) is 0. The van der Waals surface area contributed by atoms with Crippen molar-refractivity contribution in [1.82, 2.24) is 9.80 Å². The molecule has 0 amide bonds. The van der Waals surface area contributed by atoms with E-state index in [9.17, 15) is 0 Å². The van der Waals surface area contributed by atoms with E-state index in [0.717, 1.165) is 6.54 Å². The minimum atomic E-state index is 0.634. The van der Waals surface area contributed by atoms with E-state index in [1.807, 2.05) is 0 Å². The monoisotopic (exact) mass is 547 g/mol. The molecule has 1 aliphatic heterocycles. The molecule has 0 N–H and O–H groups in total. The average molecular weight is 547 g/mol. The van der Waals surface area contributed by atoms with E-state index >= 15 is 0 Å². The van der Waals surface area contributed by atoms with E-state index in [1.54, 1.807) is 0 Å². The van der Waals surface area contributed by atoms with Crippen LogP contribution in [-0.4, -0.2) is 29.1 Å². The largest absolute Gasteiger partial charge is 0.356 e. The van der Waals surface area contributed by atoms with Crippen LogP contribution in [0.15, 0.2) is 12.4 Å². The lowest BCUT2D eigenvalue weighted by Crippen LogP contribution is -2.38. The number of rotatable bonds is 31. The Morgan fingerprint density at radius 3 is 1.03 bits per heavy atom. The van der Waals surface area contributed by atoms with Gasteiger partial charge in [-0.3, -0.25) is 0 Å². The van der Waals surface area contributed by atoms with Crippen LogP contribution in [-0.2, 0) is 0 Å². The third kappa shape index (κ3) is 21.7. The molecule has 1 unspecified atom stereocenters. The first-order valence-corrected chi connectivity index (χ1v) is 18.5. The maximum Gasteiger partial charge on any atom is 0.101 e. The molecule has 0 aliphatic carbocycles. The van der Waals surface area contributed by atoms with Crippen molar-refractivity contribution < 1.29 is 0 Å². The molecule has 0 radical (unpaired) electrons. The van der Waals surface area contributed by atoms with Gasteiger partial charge in [0.25, 0.3) is 0 Å². The van der Waals surface area contributed by atoms with Crippen molar-refractivity contribution in [2.75, 3.05) is 13.1 Å². The Bertz CT molecular complexity index is 502. The fourth-order valence-electron chi connectivity index (χ4n) is 6.44. The van der Waals surface area contributed by atoms with Gasteiger partial charge in [0.05, 0.1) is 0 Å². The van der Waals surface area contributed by atoms with Crippen LogP contribution in [0.2, 0.25) is 0 Å². The maximum atomic E-state index is 2.66. The second-order valence-corrected chi connectivity index (χ2v) is 12.8. The average Bonchev–Trinajstić information content (AvgIpc) is 3.34. The molecule has 0 bridgehead atoms.